The zero-order valence-electron chi connectivity index (χ0n) is 22.6. The van der Waals surface area contributed by atoms with E-state index in [9.17, 15) is 22.8 Å². The number of piperidine rings is 1. The van der Waals surface area contributed by atoms with Crippen molar-refractivity contribution in [1.82, 2.24) is 14.8 Å². The number of pyridine rings is 1. The molecule has 0 bridgehead atoms. The summed E-state index contributed by atoms with van der Waals surface area (Å²) in [6, 6.07) is 7.88. The van der Waals surface area contributed by atoms with Crippen LogP contribution in [0.1, 0.15) is 49.7 Å². The number of benzene rings is 1. The molecule has 0 N–H and O–H groups in total. The van der Waals surface area contributed by atoms with E-state index in [4.69, 9.17) is 23.2 Å². The number of halogens is 5. The monoisotopic (exact) mass is 596 g/mol. The van der Waals surface area contributed by atoms with Gasteiger partial charge in [-0.3, -0.25) is 9.59 Å². The molecule has 2 atom stereocenters. The minimum atomic E-state index is -4.45. The van der Waals surface area contributed by atoms with Gasteiger partial charge in [0.15, 0.2) is 0 Å². The molecule has 0 spiro atoms. The molecular weight excluding hydrogens is 564 g/mol. The van der Waals surface area contributed by atoms with Crippen molar-refractivity contribution in [2.24, 2.45) is 17.3 Å². The molecule has 3 fully saturated rings. The number of hydrogen-bond acceptors (Lipinski definition) is 4. The first kappa shape index (κ1) is 29.0. The van der Waals surface area contributed by atoms with Crippen LogP contribution in [-0.4, -0.2) is 66.4 Å². The summed E-state index contributed by atoms with van der Waals surface area (Å²) in [7, 11) is 1.79. The topological polar surface area (TPSA) is 56.8 Å². The van der Waals surface area contributed by atoms with Crippen LogP contribution in [0.4, 0.5) is 19.0 Å². The molecule has 2 aromatic rings. The van der Waals surface area contributed by atoms with E-state index in [1.807, 2.05) is 33.8 Å². The number of likely N-dealkylation sites (tertiary alicyclic amines) is 2. The molecule has 6 nitrogen and oxygen atoms in total. The number of rotatable bonds is 6. The summed E-state index contributed by atoms with van der Waals surface area (Å²) in [4.78, 5) is 36.1. The lowest BCUT2D eigenvalue weighted by Crippen LogP contribution is -2.46. The van der Waals surface area contributed by atoms with E-state index in [-0.39, 0.29) is 35.0 Å². The van der Waals surface area contributed by atoms with Crippen LogP contribution in [0.25, 0.3) is 0 Å². The van der Waals surface area contributed by atoms with Crippen LogP contribution in [0.2, 0.25) is 10.0 Å². The maximum Gasteiger partial charge on any atom is 0.417 e. The van der Waals surface area contributed by atoms with E-state index in [1.165, 1.54) is 6.07 Å². The van der Waals surface area contributed by atoms with E-state index < -0.39 is 11.7 Å². The van der Waals surface area contributed by atoms with Gasteiger partial charge in [-0.1, -0.05) is 36.2 Å². The van der Waals surface area contributed by atoms with E-state index in [0.29, 0.717) is 61.4 Å². The van der Waals surface area contributed by atoms with E-state index in [0.717, 1.165) is 30.7 Å². The van der Waals surface area contributed by atoms with Crippen molar-refractivity contribution >= 4 is 40.8 Å². The van der Waals surface area contributed by atoms with Gasteiger partial charge in [0.1, 0.15) is 5.82 Å². The zero-order chi connectivity index (χ0) is 28.8. The normalized spacial score (nSPS) is 22.9. The second kappa shape index (κ2) is 11.0. The predicted molar refractivity (Wildman–Crippen MR) is 148 cm³/mol. The fourth-order valence-corrected chi connectivity index (χ4v) is 6.26. The Morgan fingerprint density at radius 2 is 1.75 bits per heavy atom. The van der Waals surface area contributed by atoms with Gasteiger partial charge >= 0.3 is 6.18 Å². The second-order valence-corrected chi connectivity index (χ2v) is 12.5. The third-order valence-electron chi connectivity index (χ3n) is 8.75. The highest BCUT2D eigenvalue weighted by Gasteiger charge is 2.48. The number of aromatic nitrogens is 1. The largest absolute Gasteiger partial charge is 0.417 e. The minimum Gasteiger partial charge on any atom is -0.359 e. The van der Waals surface area contributed by atoms with Crippen LogP contribution in [-0.2, 0) is 15.8 Å². The van der Waals surface area contributed by atoms with Crippen LogP contribution in [0.5, 0.6) is 0 Å². The molecule has 1 saturated carbocycles. The molecule has 3 aliphatic rings. The van der Waals surface area contributed by atoms with Crippen molar-refractivity contribution in [2.45, 2.75) is 44.7 Å². The van der Waals surface area contributed by atoms with Gasteiger partial charge in [-0.25, -0.2) is 4.98 Å². The number of hydrogen-bond donors (Lipinski definition) is 0. The fourth-order valence-electron chi connectivity index (χ4n) is 5.95. The molecule has 0 radical (unpaired) electrons. The summed E-state index contributed by atoms with van der Waals surface area (Å²) >= 11 is 12.5. The Morgan fingerprint density at radius 3 is 2.33 bits per heavy atom. The molecule has 3 heterocycles. The van der Waals surface area contributed by atoms with Gasteiger partial charge in [-0.05, 0) is 55.5 Å². The van der Waals surface area contributed by atoms with Gasteiger partial charge in [0, 0.05) is 69.1 Å². The van der Waals surface area contributed by atoms with Gasteiger partial charge in [0.25, 0.3) is 0 Å². The molecule has 40 heavy (non-hydrogen) atoms. The lowest BCUT2D eigenvalue weighted by molar-refractivity contribution is -0.142. The number of carbonyl (C=O) groups is 2. The van der Waals surface area contributed by atoms with Crippen molar-refractivity contribution in [2.75, 3.05) is 44.7 Å². The van der Waals surface area contributed by atoms with Crippen LogP contribution in [0.3, 0.4) is 0 Å². The Hall–Kier alpha value is -2.52. The fraction of sp³-hybridized carbons (Fsp3) is 0.552. The Labute approximate surface area is 242 Å². The predicted octanol–water partition coefficient (Wildman–Crippen LogP) is 6.12. The zero-order valence-corrected chi connectivity index (χ0v) is 24.1. The average molecular weight is 598 g/mol. The number of anilines is 1. The van der Waals surface area contributed by atoms with Gasteiger partial charge in [0.2, 0.25) is 11.8 Å². The number of nitrogens with zero attached hydrogens (tertiary/aromatic N) is 4. The van der Waals surface area contributed by atoms with E-state index in [1.54, 1.807) is 13.1 Å². The number of amides is 2. The molecule has 5 rings (SSSR count). The summed E-state index contributed by atoms with van der Waals surface area (Å²) < 4.78 is 39.0. The molecule has 0 unspecified atom stereocenters. The summed E-state index contributed by atoms with van der Waals surface area (Å²) in [5.74, 6) is 0.538. The molecular formula is C29H33Cl2F3N4O2. The Kier molecular flexibility index (Phi) is 8.00. The van der Waals surface area contributed by atoms with E-state index >= 15 is 0 Å². The standard InChI is InChI=1S/C29H33Cl2F3N4O2/c1-28(9-10-28)27(40)37-11-7-18(8-12-37)26(39)38-16-20(22(17-38)19-3-5-23(30)24(31)13-19)15-36(2)25-6-4-21(14-35-25)29(32,33)34/h3-6,13-14,18,20,22H,7-12,15-17H2,1-2H3/t20-,22-/m1/s1. The van der Waals surface area contributed by atoms with Crippen molar-refractivity contribution in [1.29, 1.82) is 0 Å². The van der Waals surface area contributed by atoms with Crippen molar-refractivity contribution in [3.05, 3.63) is 57.7 Å². The number of carbonyl (C=O) groups excluding carboxylic acids is 2. The molecule has 1 aromatic heterocycles. The molecule has 11 heteroatoms. The first-order valence-electron chi connectivity index (χ1n) is 13.6. The second-order valence-electron chi connectivity index (χ2n) is 11.7. The van der Waals surface area contributed by atoms with Crippen LogP contribution in [0, 0.1) is 17.3 Å². The summed E-state index contributed by atoms with van der Waals surface area (Å²) in [5, 5.41) is 0.877. The molecule has 2 saturated heterocycles. The summed E-state index contributed by atoms with van der Waals surface area (Å²) in [6.45, 7) is 4.70. The first-order chi connectivity index (χ1) is 18.9. The maximum absolute atomic E-state index is 13.7. The lowest BCUT2D eigenvalue weighted by atomic mass is 9.88. The molecule has 2 aliphatic heterocycles. The van der Waals surface area contributed by atoms with Gasteiger partial charge in [0.05, 0.1) is 15.6 Å². The number of alkyl halides is 3. The Balaban J connectivity index is 1.29. The molecule has 1 aromatic carbocycles. The van der Waals surface area contributed by atoms with Gasteiger partial charge in [-0.15, -0.1) is 0 Å². The molecule has 2 amide bonds. The maximum atomic E-state index is 13.7. The highest BCUT2D eigenvalue weighted by atomic mass is 35.5. The van der Waals surface area contributed by atoms with Crippen molar-refractivity contribution < 1.29 is 22.8 Å². The van der Waals surface area contributed by atoms with E-state index in [2.05, 4.69) is 4.98 Å². The Bertz CT molecular complexity index is 1260. The van der Waals surface area contributed by atoms with Gasteiger partial charge in [-0.2, -0.15) is 13.2 Å². The van der Waals surface area contributed by atoms with Crippen LogP contribution >= 0.6 is 23.2 Å². The third-order valence-corrected chi connectivity index (χ3v) is 9.49. The first-order valence-corrected chi connectivity index (χ1v) is 14.4. The average Bonchev–Trinajstić information content (AvgIpc) is 3.55. The quantitative estimate of drug-likeness (QED) is 0.403. The Morgan fingerprint density at radius 1 is 1.05 bits per heavy atom. The van der Waals surface area contributed by atoms with Crippen LogP contribution in [0.15, 0.2) is 36.5 Å². The SMILES string of the molecule is CN(C[C@@H]1CN(C(=O)C2CCN(C(=O)C3(C)CC3)CC2)C[C@@H]1c1ccc(Cl)c(Cl)c1)c1ccc(C(F)(F)F)cn1. The smallest absolute Gasteiger partial charge is 0.359 e. The summed E-state index contributed by atoms with van der Waals surface area (Å²) in [6.07, 6.45) is -0.440. The highest BCUT2D eigenvalue weighted by molar-refractivity contribution is 6.42. The minimum absolute atomic E-state index is 0.00762. The van der Waals surface area contributed by atoms with Crippen molar-refractivity contribution in [3.63, 3.8) is 0 Å². The molecule has 216 valence electrons. The molecule has 1 aliphatic carbocycles. The lowest BCUT2D eigenvalue weighted by Gasteiger charge is -2.34. The van der Waals surface area contributed by atoms with Crippen molar-refractivity contribution in [3.8, 4) is 0 Å². The van der Waals surface area contributed by atoms with Crippen LogP contribution < -0.4 is 4.90 Å². The third kappa shape index (κ3) is 6.05. The van der Waals surface area contributed by atoms with Gasteiger partial charge < -0.3 is 14.7 Å². The summed E-state index contributed by atoms with van der Waals surface area (Å²) in [5.41, 5.74) is -0.0448. The highest BCUT2D eigenvalue weighted by Crippen LogP contribution is 2.47.